The molecule has 0 saturated carbocycles. The molecule has 0 fully saturated rings. The Kier molecular flexibility index (Phi) is 7.02. The molecule has 0 saturated heterocycles. The molecule has 0 aliphatic rings. The van der Waals surface area contributed by atoms with Crippen LogP contribution in [0.3, 0.4) is 0 Å². The van der Waals surface area contributed by atoms with Crippen molar-refractivity contribution in [1.29, 1.82) is 0 Å². The van der Waals surface area contributed by atoms with Crippen LogP contribution in [0.15, 0.2) is 54.6 Å². The molecule has 26 heavy (non-hydrogen) atoms. The van der Waals surface area contributed by atoms with Gasteiger partial charge in [0, 0.05) is 6.54 Å². The largest absolute Gasteiger partial charge is 0.387 e. The first-order valence-electron chi connectivity index (χ1n) is 7.83. The van der Waals surface area contributed by atoms with Crippen LogP contribution in [-0.2, 0) is 21.5 Å². The topological polar surface area (TPSA) is 83.9 Å². The molecule has 6 nitrogen and oxygen atoms in total. The molecule has 0 radical (unpaired) electrons. The zero-order valence-corrected chi connectivity index (χ0v) is 15.8. The lowest BCUT2D eigenvalue weighted by Gasteiger charge is -2.25. The number of halogens is 1. The molecule has 1 N–H and O–H groups in total. The number of carbonyl (C=O) groups excluding carboxylic acids is 1. The van der Waals surface area contributed by atoms with E-state index in [0.29, 0.717) is 12.1 Å². The van der Waals surface area contributed by atoms with Gasteiger partial charge in [-0.15, -0.1) is 11.6 Å². The molecule has 0 bridgehead atoms. The Hall–Kier alpha value is -2.09. The summed E-state index contributed by atoms with van der Waals surface area (Å²) < 4.78 is 27.0. The zero-order chi connectivity index (χ0) is 19.2. The Morgan fingerprint density at radius 1 is 1.15 bits per heavy atom. The third kappa shape index (κ3) is 6.33. The Morgan fingerprint density at radius 3 is 2.31 bits per heavy atom. The Balaban J connectivity index is 2.08. The average molecular weight is 398 g/mol. The fourth-order valence-electron chi connectivity index (χ4n) is 2.38. The van der Waals surface area contributed by atoms with Crippen LogP contribution in [0.1, 0.15) is 17.2 Å². The number of aliphatic hydroxyl groups excluding tert-OH is 1. The molecule has 1 atom stereocenters. The van der Waals surface area contributed by atoms with E-state index in [0.717, 1.165) is 11.8 Å². The molecule has 140 valence electrons. The quantitative estimate of drug-likeness (QED) is 0.546. The zero-order valence-electron chi connectivity index (χ0n) is 14.2. The second kappa shape index (κ2) is 9.02. The van der Waals surface area contributed by atoms with Gasteiger partial charge in [0.25, 0.3) is 0 Å². The minimum Gasteiger partial charge on any atom is -0.387 e. The predicted molar refractivity (Wildman–Crippen MR) is 99.5 cm³/mol. The predicted octanol–water partition coefficient (Wildman–Crippen LogP) is 2.33. The van der Waals surface area contributed by atoms with Crippen molar-refractivity contribution in [2.24, 2.45) is 0 Å². The highest BCUT2D eigenvalue weighted by Crippen LogP contribution is 2.20. The molecule has 0 aliphatic heterocycles. The number of alkyl halides is 1. The van der Waals surface area contributed by atoms with Gasteiger partial charge in [-0.25, -0.2) is 0 Å². The van der Waals surface area contributed by atoms with Crippen LogP contribution in [0, 0.1) is 0 Å². The lowest BCUT2D eigenvalue weighted by molar-refractivity contribution is -0.130. The number of rotatable bonds is 8. The standard InChI is InChI=1S/C18H20ClNO5S/c1-26(23,24)25-16-9-7-15(8-10-16)17(21)13-20(18(22)11-19)12-14-5-3-2-4-6-14/h2-10,17,21H,11-13H2,1H3/t17-/m0/s1. The van der Waals surface area contributed by atoms with Gasteiger partial charge in [0.2, 0.25) is 5.91 Å². The lowest BCUT2D eigenvalue weighted by atomic mass is 10.1. The Morgan fingerprint density at radius 2 is 1.77 bits per heavy atom. The number of benzene rings is 2. The third-order valence-electron chi connectivity index (χ3n) is 3.59. The molecule has 0 spiro atoms. The second-order valence-electron chi connectivity index (χ2n) is 5.77. The van der Waals surface area contributed by atoms with Gasteiger partial charge in [0.15, 0.2) is 0 Å². The molecule has 0 unspecified atom stereocenters. The van der Waals surface area contributed by atoms with E-state index in [2.05, 4.69) is 0 Å². The summed E-state index contributed by atoms with van der Waals surface area (Å²) in [5, 5.41) is 10.4. The van der Waals surface area contributed by atoms with Gasteiger partial charge in [-0.2, -0.15) is 8.42 Å². The van der Waals surface area contributed by atoms with Gasteiger partial charge >= 0.3 is 10.1 Å². The summed E-state index contributed by atoms with van der Waals surface area (Å²) in [7, 11) is -3.61. The molecule has 2 rings (SSSR count). The SMILES string of the molecule is CS(=O)(=O)Oc1ccc([C@@H](O)CN(Cc2ccccc2)C(=O)CCl)cc1. The van der Waals surface area contributed by atoms with Gasteiger partial charge in [-0.05, 0) is 23.3 Å². The van der Waals surface area contributed by atoms with E-state index in [1.165, 1.54) is 17.0 Å². The second-order valence-corrected chi connectivity index (χ2v) is 7.61. The maximum Gasteiger partial charge on any atom is 0.306 e. The summed E-state index contributed by atoms with van der Waals surface area (Å²) in [6.07, 6.45) is 0.00721. The van der Waals surface area contributed by atoms with Gasteiger partial charge in [0.05, 0.1) is 18.9 Å². The minimum atomic E-state index is -3.61. The first-order valence-corrected chi connectivity index (χ1v) is 10.2. The molecular formula is C18H20ClNO5S. The smallest absolute Gasteiger partial charge is 0.306 e. The Labute approximate surface area is 158 Å². The van der Waals surface area contributed by atoms with Crippen LogP contribution in [-0.4, -0.2) is 43.0 Å². The van der Waals surface area contributed by atoms with Gasteiger partial charge in [-0.1, -0.05) is 42.5 Å². The van der Waals surface area contributed by atoms with Crippen molar-refractivity contribution in [3.05, 3.63) is 65.7 Å². The normalized spacial score (nSPS) is 12.4. The number of hydrogen-bond acceptors (Lipinski definition) is 5. The molecule has 0 heterocycles. The van der Waals surface area contributed by atoms with E-state index in [1.807, 2.05) is 30.3 Å². The van der Waals surface area contributed by atoms with E-state index in [1.54, 1.807) is 12.1 Å². The van der Waals surface area contributed by atoms with Crippen molar-refractivity contribution in [3.8, 4) is 5.75 Å². The van der Waals surface area contributed by atoms with Crippen LogP contribution in [0.4, 0.5) is 0 Å². The third-order valence-corrected chi connectivity index (χ3v) is 4.31. The summed E-state index contributed by atoms with van der Waals surface area (Å²) >= 11 is 5.68. The number of amides is 1. The summed E-state index contributed by atoms with van der Waals surface area (Å²) in [5.74, 6) is -0.311. The monoisotopic (exact) mass is 397 g/mol. The van der Waals surface area contributed by atoms with Crippen molar-refractivity contribution >= 4 is 27.6 Å². The van der Waals surface area contributed by atoms with Crippen LogP contribution >= 0.6 is 11.6 Å². The molecule has 1 amide bonds. The van der Waals surface area contributed by atoms with Crippen LogP contribution in [0.5, 0.6) is 5.75 Å². The fourth-order valence-corrected chi connectivity index (χ4v) is 3.01. The van der Waals surface area contributed by atoms with Crippen LogP contribution in [0.2, 0.25) is 0 Å². The molecule has 2 aromatic carbocycles. The van der Waals surface area contributed by atoms with Crippen molar-refractivity contribution in [2.75, 3.05) is 18.7 Å². The first kappa shape index (κ1) is 20.2. The summed E-state index contributed by atoms with van der Waals surface area (Å²) in [5.41, 5.74) is 1.46. The fraction of sp³-hybridized carbons (Fsp3) is 0.278. The van der Waals surface area contributed by atoms with E-state index in [9.17, 15) is 18.3 Å². The Bertz CT molecular complexity index is 824. The summed E-state index contributed by atoms with van der Waals surface area (Å²) in [6.45, 7) is 0.394. The molecular weight excluding hydrogens is 378 g/mol. The highest BCUT2D eigenvalue weighted by atomic mass is 35.5. The van der Waals surface area contributed by atoms with Gasteiger partial charge in [0.1, 0.15) is 11.6 Å². The van der Waals surface area contributed by atoms with E-state index in [4.69, 9.17) is 15.8 Å². The number of nitrogens with zero attached hydrogens (tertiary/aromatic N) is 1. The molecule has 0 aliphatic carbocycles. The molecule has 2 aromatic rings. The molecule has 0 aromatic heterocycles. The van der Waals surface area contributed by atoms with Gasteiger partial charge in [-0.3, -0.25) is 4.79 Å². The van der Waals surface area contributed by atoms with Crippen molar-refractivity contribution < 1.29 is 22.5 Å². The lowest BCUT2D eigenvalue weighted by Crippen LogP contribution is -2.35. The minimum absolute atomic E-state index is 0.0622. The van der Waals surface area contributed by atoms with Crippen molar-refractivity contribution in [3.63, 3.8) is 0 Å². The highest BCUT2D eigenvalue weighted by molar-refractivity contribution is 7.86. The van der Waals surface area contributed by atoms with E-state index >= 15 is 0 Å². The van der Waals surface area contributed by atoms with Crippen LogP contribution in [0.25, 0.3) is 0 Å². The summed E-state index contributed by atoms with van der Waals surface area (Å²) in [4.78, 5) is 13.6. The molecule has 8 heteroatoms. The average Bonchev–Trinajstić information content (AvgIpc) is 2.60. The van der Waals surface area contributed by atoms with Crippen molar-refractivity contribution in [1.82, 2.24) is 4.90 Å². The number of hydrogen-bond donors (Lipinski definition) is 1. The highest BCUT2D eigenvalue weighted by Gasteiger charge is 2.19. The van der Waals surface area contributed by atoms with E-state index in [-0.39, 0.29) is 24.1 Å². The van der Waals surface area contributed by atoms with E-state index < -0.39 is 16.2 Å². The van der Waals surface area contributed by atoms with Crippen LogP contribution < -0.4 is 4.18 Å². The van der Waals surface area contributed by atoms with Crippen molar-refractivity contribution in [2.45, 2.75) is 12.6 Å². The maximum atomic E-state index is 12.1. The van der Waals surface area contributed by atoms with Gasteiger partial charge < -0.3 is 14.2 Å². The summed E-state index contributed by atoms with van der Waals surface area (Å²) in [6, 6.07) is 15.4. The maximum absolute atomic E-state index is 12.1. The number of aliphatic hydroxyl groups is 1. The first-order chi connectivity index (χ1) is 12.3. The number of carbonyl (C=O) groups is 1.